The molecule has 5 heteroatoms. The van der Waals surface area contributed by atoms with Crippen molar-refractivity contribution in [2.24, 2.45) is 5.41 Å². The van der Waals surface area contributed by atoms with Gasteiger partial charge in [-0.15, -0.1) is 0 Å². The second-order valence-electron chi connectivity index (χ2n) is 7.02. The summed E-state index contributed by atoms with van der Waals surface area (Å²) in [4.78, 5) is 14.3. The van der Waals surface area contributed by atoms with Gasteiger partial charge in [0.05, 0.1) is 6.04 Å². The smallest absolute Gasteiger partial charge is 0.317 e. The molecular formula is C20H25ClN2O2. The van der Waals surface area contributed by atoms with Crippen LogP contribution in [0.25, 0.3) is 0 Å². The maximum atomic E-state index is 12.7. The molecule has 0 bridgehead atoms. The van der Waals surface area contributed by atoms with Crippen LogP contribution in [0.3, 0.4) is 0 Å². The van der Waals surface area contributed by atoms with E-state index in [9.17, 15) is 9.90 Å². The van der Waals surface area contributed by atoms with Gasteiger partial charge < -0.3 is 15.3 Å². The van der Waals surface area contributed by atoms with Gasteiger partial charge in [-0.2, -0.15) is 0 Å². The number of rotatable bonds is 6. The zero-order valence-electron chi connectivity index (χ0n) is 14.9. The molecule has 0 unspecified atom stereocenters. The first-order valence-corrected chi connectivity index (χ1v) is 8.63. The van der Waals surface area contributed by atoms with Gasteiger partial charge >= 0.3 is 6.03 Å². The number of hydrogen-bond donors (Lipinski definition) is 2. The standard InChI is InChI=1S/C20H25ClN2O2/c1-20(2,14-24)13-23(3)19(25)22-18(15-7-5-4-6-8-15)16-9-11-17(21)12-10-16/h4-12,18,24H,13-14H2,1-3H3,(H,22,25)/t18-/m1/s1. The number of urea groups is 1. The highest BCUT2D eigenvalue weighted by Gasteiger charge is 2.24. The van der Waals surface area contributed by atoms with E-state index in [0.717, 1.165) is 11.1 Å². The van der Waals surface area contributed by atoms with Crippen LogP contribution in [0, 0.1) is 5.41 Å². The van der Waals surface area contributed by atoms with Crippen LogP contribution >= 0.6 is 11.6 Å². The van der Waals surface area contributed by atoms with E-state index in [-0.39, 0.29) is 24.1 Å². The number of nitrogens with one attached hydrogen (secondary N) is 1. The summed E-state index contributed by atoms with van der Waals surface area (Å²) in [5.74, 6) is 0. The molecule has 2 aromatic carbocycles. The molecule has 25 heavy (non-hydrogen) atoms. The Morgan fingerprint density at radius 1 is 1.12 bits per heavy atom. The average Bonchev–Trinajstić information content (AvgIpc) is 2.60. The molecule has 2 aromatic rings. The Balaban J connectivity index is 2.22. The number of nitrogens with zero attached hydrogens (tertiary/aromatic N) is 1. The molecule has 0 aliphatic heterocycles. The number of aliphatic hydroxyl groups is 1. The molecule has 1 atom stereocenters. The van der Waals surface area contributed by atoms with Crippen LogP contribution in [0.4, 0.5) is 4.79 Å². The van der Waals surface area contributed by atoms with Gasteiger partial charge in [0.2, 0.25) is 0 Å². The van der Waals surface area contributed by atoms with Crippen molar-refractivity contribution >= 4 is 17.6 Å². The van der Waals surface area contributed by atoms with E-state index < -0.39 is 0 Å². The molecular weight excluding hydrogens is 336 g/mol. The second kappa shape index (κ2) is 8.37. The van der Waals surface area contributed by atoms with Gasteiger partial charge in [0.15, 0.2) is 0 Å². The number of amides is 2. The van der Waals surface area contributed by atoms with Crippen LogP contribution < -0.4 is 5.32 Å². The highest BCUT2D eigenvalue weighted by molar-refractivity contribution is 6.30. The lowest BCUT2D eigenvalue weighted by Gasteiger charge is -2.30. The Morgan fingerprint density at radius 2 is 1.68 bits per heavy atom. The van der Waals surface area contributed by atoms with Gasteiger partial charge in [-0.1, -0.05) is 67.9 Å². The normalized spacial score (nSPS) is 12.5. The van der Waals surface area contributed by atoms with Gasteiger partial charge in [0.1, 0.15) is 0 Å². The quantitative estimate of drug-likeness (QED) is 0.815. The number of halogens is 1. The van der Waals surface area contributed by atoms with E-state index >= 15 is 0 Å². The summed E-state index contributed by atoms with van der Waals surface area (Å²) < 4.78 is 0. The lowest BCUT2D eigenvalue weighted by molar-refractivity contribution is 0.121. The predicted molar refractivity (Wildman–Crippen MR) is 102 cm³/mol. The van der Waals surface area contributed by atoms with Crippen molar-refractivity contribution < 1.29 is 9.90 Å². The monoisotopic (exact) mass is 360 g/mol. The fourth-order valence-electron chi connectivity index (χ4n) is 2.66. The number of carbonyl (C=O) groups is 1. The molecule has 0 aliphatic carbocycles. The van der Waals surface area contributed by atoms with Crippen molar-refractivity contribution in [3.8, 4) is 0 Å². The maximum Gasteiger partial charge on any atom is 0.317 e. The Bertz CT molecular complexity index is 687. The summed E-state index contributed by atoms with van der Waals surface area (Å²) in [5, 5.41) is 13.2. The molecule has 0 fully saturated rings. The summed E-state index contributed by atoms with van der Waals surface area (Å²) >= 11 is 5.99. The predicted octanol–water partition coefficient (Wildman–Crippen LogP) is 4.09. The molecule has 0 radical (unpaired) electrons. The number of hydrogen-bond acceptors (Lipinski definition) is 2. The molecule has 4 nitrogen and oxygen atoms in total. The molecule has 0 heterocycles. The summed E-state index contributed by atoms with van der Waals surface area (Å²) in [6, 6.07) is 16.8. The average molecular weight is 361 g/mol. The Morgan fingerprint density at radius 3 is 2.24 bits per heavy atom. The number of carbonyl (C=O) groups excluding carboxylic acids is 1. The molecule has 0 saturated heterocycles. The maximum absolute atomic E-state index is 12.7. The zero-order valence-corrected chi connectivity index (χ0v) is 15.6. The molecule has 0 aromatic heterocycles. The summed E-state index contributed by atoms with van der Waals surface area (Å²) in [7, 11) is 1.73. The van der Waals surface area contributed by atoms with Crippen LogP contribution in [0.2, 0.25) is 5.02 Å². The summed E-state index contributed by atoms with van der Waals surface area (Å²) in [5.41, 5.74) is 1.60. The Kier molecular flexibility index (Phi) is 6.45. The van der Waals surface area contributed by atoms with Crippen LogP contribution in [-0.4, -0.2) is 36.2 Å². The molecule has 0 aliphatic rings. The van der Waals surface area contributed by atoms with Crippen LogP contribution in [0.1, 0.15) is 31.0 Å². The van der Waals surface area contributed by atoms with E-state index in [1.807, 2.05) is 68.4 Å². The minimum atomic E-state index is -0.353. The Labute approximate surface area is 154 Å². The van der Waals surface area contributed by atoms with Crippen LogP contribution in [0.15, 0.2) is 54.6 Å². The third-order valence-corrected chi connectivity index (χ3v) is 4.30. The zero-order chi connectivity index (χ0) is 18.4. The third kappa shape index (κ3) is 5.48. The third-order valence-electron chi connectivity index (χ3n) is 4.04. The van der Waals surface area contributed by atoms with Gasteiger partial charge in [0, 0.05) is 30.6 Å². The lowest BCUT2D eigenvalue weighted by Crippen LogP contribution is -2.44. The van der Waals surface area contributed by atoms with Crippen LogP contribution in [0.5, 0.6) is 0 Å². The molecule has 2 rings (SSSR count). The molecule has 2 N–H and O–H groups in total. The summed E-state index contributed by atoms with van der Waals surface area (Å²) in [6.45, 7) is 4.32. The fourth-order valence-corrected chi connectivity index (χ4v) is 2.78. The van der Waals surface area contributed by atoms with Crippen molar-refractivity contribution in [3.05, 3.63) is 70.7 Å². The second-order valence-corrected chi connectivity index (χ2v) is 7.46. The molecule has 0 spiro atoms. The fraction of sp³-hybridized carbons (Fsp3) is 0.350. The van der Waals surface area contributed by atoms with Crippen molar-refractivity contribution in [2.45, 2.75) is 19.9 Å². The summed E-state index contributed by atoms with van der Waals surface area (Å²) in [6.07, 6.45) is 0. The SMILES string of the molecule is CN(CC(C)(C)CO)C(=O)N[C@H](c1ccccc1)c1ccc(Cl)cc1. The van der Waals surface area contributed by atoms with Crippen molar-refractivity contribution in [2.75, 3.05) is 20.2 Å². The van der Waals surface area contributed by atoms with Crippen molar-refractivity contribution in [3.63, 3.8) is 0 Å². The molecule has 2 amide bonds. The topological polar surface area (TPSA) is 52.6 Å². The van der Waals surface area contributed by atoms with Gasteiger partial charge in [-0.25, -0.2) is 4.79 Å². The number of benzene rings is 2. The highest BCUT2D eigenvalue weighted by Crippen LogP contribution is 2.24. The van der Waals surface area contributed by atoms with Crippen LogP contribution in [-0.2, 0) is 0 Å². The Hall–Kier alpha value is -2.04. The van der Waals surface area contributed by atoms with Crippen molar-refractivity contribution in [1.29, 1.82) is 0 Å². The van der Waals surface area contributed by atoms with Gasteiger partial charge in [-0.3, -0.25) is 0 Å². The van der Waals surface area contributed by atoms with E-state index in [1.165, 1.54) is 0 Å². The first-order valence-electron chi connectivity index (χ1n) is 8.25. The van der Waals surface area contributed by atoms with E-state index in [1.54, 1.807) is 11.9 Å². The minimum Gasteiger partial charge on any atom is -0.396 e. The molecule has 0 saturated carbocycles. The molecule has 134 valence electrons. The first kappa shape index (κ1) is 19.3. The van der Waals surface area contributed by atoms with E-state index in [4.69, 9.17) is 11.6 Å². The lowest BCUT2D eigenvalue weighted by atomic mass is 9.94. The van der Waals surface area contributed by atoms with Crippen molar-refractivity contribution in [1.82, 2.24) is 10.2 Å². The van der Waals surface area contributed by atoms with E-state index in [0.29, 0.717) is 11.6 Å². The highest BCUT2D eigenvalue weighted by atomic mass is 35.5. The van der Waals surface area contributed by atoms with E-state index in [2.05, 4.69) is 5.32 Å². The first-order chi connectivity index (χ1) is 11.8. The van der Waals surface area contributed by atoms with Gasteiger partial charge in [-0.05, 0) is 23.3 Å². The van der Waals surface area contributed by atoms with Gasteiger partial charge in [0.25, 0.3) is 0 Å². The largest absolute Gasteiger partial charge is 0.396 e. The minimum absolute atomic E-state index is 0.0178. The number of aliphatic hydroxyl groups excluding tert-OH is 1.